The van der Waals surface area contributed by atoms with Gasteiger partial charge < -0.3 is 5.32 Å². The molecule has 7 nitrogen and oxygen atoms in total. The zero-order chi connectivity index (χ0) is 18.2. The maximum Gasteiger partial charge on any atom is 0.180 e. The van der Waals surface area contributed by atoms with Gasteiger partial charge >= 0.3 is 0 Å². The molecule has 0 unspecified atom stereocenters. The monoisotopic (exact) mass is 379 g/mol. The molecule has 1 aliphatic heterocycles. The number of hydrogen-bond donors (Lipinski definition) is 2. The molecule has 4 aromatic heterocycles. The predicted octanol–water partition coefficient (Wildman–Crippen LogP) is 3.83. The van der Waals surface area contributed by atoms with Crippen molar-refractivity contribution in [1.82, 2.24) is 29.5 Å². The smallest absolute Gasteiger partial charge is 0.180 e. The first kappa shape index (κ1) is 16.5. The van der Waals surface area contributed by atoms with Crippen LogP contribution < -0.4 is 5.32 Å². The molecule has 1 saturated heterocycles. The average molecular weight is 379 g/mol. The molecule has 0 atom stereocenters. The molecule has 138 valence electrons. The lowest BCUT2D eigenvalue weighted by Gasteiger charge is -2.12. The summed E-state index contributed by atoms with van der Waals surface area (Å²) in [7, 11) is 0. The number of hydrogen-bond acceptors (Lipinski definition) is 6. The van der Waals surface area contributed by atoms with Crippen LogP contribution in [-0.4, -0.2) is 42.6 Å². The van der Waals surface area contributed by atoms with E-state index < -0.39 is 0 Å². The molecule has 0 amide bonds. The van der Waals surface area contributed by atoms with Gasteiger partial charge in [-0.1, -0.05) is 0 Å². The Hall–Kier alpha value is -2.71. The van der Waals surface area contributed by atoms with Gasteiger partial charge in [-0.2, -0.15) is 5.10 Å². The average Bonchev–Trinajstić information content (AvgIpc) is 3.43. The van der Waals surface area contributed by atoms with Gasteiger partial charge in [0.05, 0.1) is 28.8 Å². The molecule has 0 radical (unpaired) electrons. The van der Waals surface area contributed by atoms with Gasteiger partial charge in [0.25, 0.3) is 0 Å². The van der Waals surface area contributed by atoms with Gasteiger partial charge in [0, 0.05) is 24.5 Å². The molecule has 0 saturated carbocycles. The normalized spacial score (nSPS) is 15.0. The molecular formula is C19H21N7S. The molecule has 2 N–H and O–H groups in total. The SMILES string of the molecule is Cc1cn2c(-c3cn[nH]c3)cnc2c(Nc2cc(CN3CCCC3)cs2)n1. The summed E-state index contributed by atoms with van der Waals surface area (Å²) < 4.78 is 2.06. The van der Waals surface area contributed by atoms with Crippen LogP contribution in [0.3, 0.4) is 0 Å². The number of fused-ring (bicyclic) bond motifs is 1. The molecule has 5 heterocycles. The van der Waals surface area contributed by atoms with E-state index in [0.29, 0.717) is 0 Å². The van der Waals surface area contributed by atoms with Crippen LogP contribution in [0.15, 0.2) is 36.2 Å². The molecule has 5 rings (SSSR count). The largest absolute Gasteiger partial charge is 0.329 e. The quantitative estimate of drug-likeness (QED) is 0.551. The fourth-order valence-electron chi connectivity index (χ4n) is 3.64. The van der Waals surface area contributed by atoms with E-state index in [4.69, 9.17) is 0 Å². The van der Waals surface area contributed by atoms with Crippen LogP contribution in [0.5, 0.6) is 0 Å². The second-order valence-corrected chi connectivity index (χ2v) is 7.89. The molecule has 1 aliphatic rings. The number of nitrogens with zero attached hydrogens (tertiary/aromatic N) is 5. The van der Waals surface area contributed by atoms with Crippen molar-refractivity contribution in [3.05, 3.63) is 47.5 Å². The first-order valence-corrected chi connectivity index (χ1v) is 10.0. The molecule has 4 aromatic rings. The van der Waals surface area contributed by atoms with E-state index in [0.717, 1.165) is 40.0 Å². The Bertz CT molecular complexity index is 1060. The Morgan fingerprint density at radius 1 is 1.26 bits per heavy atom. The number of H-pyrrole nitrogens is 1. The van der Waals surface area contributed by atoms with E-state index in [1.54, 1.807) is 17.5 Å². The summed E-state index contributed by atoms with van der Waals surface area (Å²) in [5, 5.41) is 13.7. The molecule has 0 aromatic carbocycles. The van der Waals surface area contributed by atoms with Crippen molar-refractivity contribution < 1.29 is 0 Å². The minimum atomic E-state index is 0.777. The standard InChI is InChI=1S/C19H21N7S/c1-13-10-26-16(15-7-21-22-8-15)9-20-19(26)18(23-13)24-17-6-14(12-27-17)11-25-4-2-3-5-25/h6-10,12H,2-5,11H2,1H3,(H,21,22)(H,23,24). The fraction of sp³-hybridized carbons (Fsp3) is 0.316. The van der Waals surface area contributed by atoms with Crippen molar-refractivity contribution in [2.24, 2.45) is 0 Å². The highest BCUT2D eigenvalue weighted by Crippen LogP contribution is 2.29. The molecule has 0 bridgehead atoms. The van der Waals surface area contributed by atoms with Crippen molar-refractivity contribution in [2.75, 3.05) is 18.4 Å². The topological polar surface area (TPSA) is 74.1 Å². The number of nitrogens with one attached hydrogen (secondary N) is 2. The number of thiophene rings is 1. The third kappa shape index (κ3) is 3.22. The molecular weight excluding hydrogens is 358 g/mol. The number of aryl methyl sites for hydroxylation is 1. The molecule has 0 aliphatic carbocycles. The van der Waals surface area contributed by atoms with Gasteiger partial charge in [-0.15, -0.1) is 11.3 Å². The van der Waals surface area contributed by atoms with Crippen LogP contribution >= 0.6 is 11.3 Å². The van der Waals surface area contributed by atoms with E-state index >= 15 is 0 Å². The van der Waals surface area contributed by atoms with Crippen molar-refractivity contribution >= 4 is 27.8 Å². The Morgan fingerprint density at radius 2 is 2.15 bits per heavy atom. The summed E-state index contributed by atoms with van der Waals surface area (Å²) in [4.78, 5) is 11.8. The summed E-state index contributed by atoms with van der Waals surface area (Å²) in [5.74, 6) is 0.777. The summed E-state index contributed by atoms with van der Waals surface area (Å²) in [6.07, 6.45) is 10.2. The van der Waals surface area contributed by atoms with Gasteiger partial charge in [-0.25, -0.2) is 9.97 Å². The van der Waals surface area contributed by atoms with E-state index in [-0.39, 0.29) is 0 Å². The van der Waals surface area contributed by atoms with E-state index in [1.165, 1.54) is 31.5 Å². The van der Waals surface area contributed by atoms with Crippen LogP contribution in [0, 0.1) is 6.92 Å². The second-order valence-electron chi connectivity index (χ2n) is 6.98. The van der Waals surface area contributed by atoms with Crippen LogP contribution in [-0.2, 0) is 6.54 Å². The second kappa shape index (κ2) is 6.79. The highest BCUT2D eigenvalue weighted by atomic mass is 32.1. The van der Waals surface area contributed by atoms with Crippen molar-refractivity contribution in [2.45, 2.75) is 26.3 Å². The molecule has 0 spiro atoms. The van der Waals surface area contributed by atoms with Gasteiger partial charge in [-0.3, -0.25) is 14.4 Å². The van der Waals surface area contributed by atoms with Crippen LogP contribution in [0.2, 0.25) is 0 Å². The van der Waals surface area contributed by atoms with Gasteiger partial charge in [0.1, 0.15) is 0 Å². The van der Waals surface area contributed by atoms with Gasteiger partial charge in [0.15, 0.2) is 11.5 Å². The van der Waals surface area contributed by atoms with Crippen molar-refractivity contribution in [3.63, 3.8) is 0 Å². The number of anilines is 2. The molecule has 27 heavy (non-hydrogen) atoms. The Labute approximate surface area is 161 Å². The number of aromatic nitrogens is 5. The summed E-state index contributed by atoms with van der Waals surface area (Å²) in [6.45, 7) is 5.45. The third-order valence-electron chi connectivity index (χ3n) is 4.91. The zero-order valence-corrected chi connectivity index (χ0v) is 16.0. The lowest BCUT2D eigenvalue weighted by atomic mass is 10.3. The van der Waals surface area contributed by atoms with Gasteiger partial charge in [0.2, 0.25) is 0 Å². The van der Waals surface area contributed by atoms with Crippen LogP contribution in [0.1, 0.15) is 24.1 Å². The highest BCUT2D eigenvalue weighted by Gasteiger charge is 2.15. The number of aromatic amines is 1. The van der Waals surface area contributed by atoms with E-state index in [9.17, 15) is 0 Å². The first-order valence-electron chi connectivity index (χ1n) is 9.17. The molecule has 8 heteroatoms. The maximum atomic E-state index is 4.68. The van der Waals surface area contributed by atoms with E-state index in [1.807, 2.05) is 25.5 Å². The number of imidazole rings is 1. The maximum absolute atomic E-state index is 4.68. The minimum absolute atomic E-state index is 0.777. The summed E-state index contributed by atoms with van der Waals surface area (Å²) in [6, 6.07) is 2.23. The fourth-order valence-corrected chi connectivity index (χ4v) is 4.43. The van der Waals surface area contributed by atoms with Gasteiger partial charge in [-0.05, 0) is 49.9 Å². The lowest BCUT2D eigenvalue weighted by molar-refractivity contribution is 0.332. The summed E-state index contributed by atoms with van der Waals surface area (Å²) >= 11 is 1.72. The Morgan fingerprint density at radius 3 is 2.96 bits per heavy atom. The molecule has 1 fully saturated rings. The highest BCUT2D eigenvalue weighted by molar-refractivity contribution is 7.14. The minimum Gasteiger partial charge on any atom is -0.329 e. The summed E-state index contributed by atoms with van der Waals surface area (Å²) in [5.41, 5.74) is 5.10. The third-order valence-corrected chi connectivity index (χ3v) is 5.80. The Balaban J connectivity index is 1.44. The first-order chi connectivity index (χ1) is 13.3. The number of rotatable bonds is 5. The van der Waals surface area contributed by atoms with Crippen LogP contribution in [0.4, 0.5) is 10.8 Å². The van der Waals surface area contributed by atoms with E-state index in [2.05, 4.69) is 46.2 Å². The zero-order valence-electron chi connectivity index (χ0n) is 15.1. The van der Waals surface area contributed by atoms with Crippen molar-refractivity contribution in [3.8, 4) is 11.3 Å². The van der Waals surface area contributed by atoms with Crippen molar-refractivity contribution in [1.29, 1.82) is 0 Å². The lowest BCUT2D eigenvalue weighted by Crippen LogP contribution is -2.17. The Kier molecular flexibility index (Phi) is 4.14. The number of likely N-dealkylation sites (tertiary alicyclic amines) is 1. The predicted molar refractivity (Wildman–Crippen MR) is 107 cm³/mol. The van der Waals surface area contributed by atoms with Crippen LogP contribution in [0.25, 0.3) is 16.9 Å².